The van der Waals surface area contributed by atoms with E-state index in [0.29, 0.717) is 30.8 Å². The fraction of sp³-hybridized carbons (Fsp3) is 0.500. The molecule has 0 saturated carbocycles. The number of carbonyl (C=O) groups excluding carboxylic acids is 1. The molecule has 2 heterocycles. The summed E-state index contributed by atoms with van der Waals surface area (Å²) in [5.74, 6) is 1.42. The van der Waals surface area contributed by atoms with Crippen molar-refractivity contribution in [2.45, 2.75) is 39.2 Å². The van der Waals surface area contributed by atoms with E-state index in [2.05, 4.69) is 32.1 Å². The lowest BCUT2D eigenvalue weighted by Crippen LogP contribution is -2.31. The van der Waals surface area contributed by atoms with Gasteiger partial charge in [0.05, 0.1) is 0 Å². The van der Waals surface area contributed by atoms with Gasteiger partial charge in [0.2, 0.25) is 0 Å². The Kier molecular flexibility index (Phi) is 5.81. The Labute approximate surface area is 123 Å². The maximum Gasteiger partial charge on any atom is 0.174 e. The number of ketones is 1. The normalized spacial score (nSPS) is 10.5. The minimum Gasteiger partial charge on any atom is -0.485 e. The zero-order chi connectivity index (χ0) is 14.9. The lowest BCUT2D eigenvalue weighted by atomic mass is 10.2. The summed E-state index contributed by atoms with van der Waals surface area (Å²) < 4.78 is 7.56. The van der Waals surface area contributed by atoms with Gasteiger partial charge in [-0.25, -0.2) is 4.57 Å². The highest BCUT2D eigenvalue weighted by Crippen LogP contribution is 2.07. The molecule has 0 fully saturated rings. The van der Waals surface area contributed by atoms with E-state index in [9.17, 15) is 4.79 Å². The van der Waals surface area contributed by atoms with Gasteiger partial charge in [-0.15, -0.1) is 10.2 Å². The van der Waals surface area contributed by atoms with Crippen molar-refractivity contribution in [1.29, 1.82) is 0 Å². The van der Waals surface area contributed by atoms with Crippen LogP contribution in [0.2, 0.25) is 0 Å². The number of pyridine rings is 1. The zero-order valence-electron chi connectivity index (χ0n) is 12.2. The third-order valence-electron chi connectivity index (χ3n) is 2.99. The van der Waals surface area contributed by atoms with Crippen LogP contribution in [0.25, 0.3) is 0 Å². The molecule has 0 atom stereocenters. The number of hydrogen-bond donors (Lipinski definition) is 1. The van der Waals surface area contributed by atoms with Crippen LogP contribution in [0.15, 0.2) is 24.5 Å². The van der Waals surface area contributed by atoms with E-state index < -0.39 is 0 Å². The maximum absolute atomic E-state index is 11.7. The average molecular weight is 290 g/mol. The Bertz CT molecular complexity index is 539. The van der Waals surface area contributed by atoms with Gasteiger partial charge in [-0.1, -0.05) is 12.1 Å². The fourth-order valence-electron chi connectivity index (χ4n) is 1.92. The molecule has 2 aromatic rings. The van der Waals surface area contributed by atoms with Crippen LogP contribution in [-0.4, -0.2) is 33.0 Å². The average Bonchev–Trinajstić information content (AvgIpc) is 3.00. The summed E-state index contributed by atoms with van der Waals surface area (Å²) in [4.78, 5) is 11.7. The Morgan fingerprint density at radius 1 is 1.38 bits per heavy atom. The third-order valence-corrected chi connectivity index (χ3v) is 2.99. The fourth-order valence-corrected chi connectivity index (χ4v) is 1.92. The second-order valence-electron chi connectivity index (χ2n) is 4.78. The quantitative estimate of drug-likeness (QED) is 0.693. The predicted octanol–water partition coefficient (Wildman–Crippen LogP) is 0.868. The van der Waals surface area contributed by atoms with E-state index in [1.807, 2.05) is 24.5 Å². The molecule has 112 valence electrons. The molecule has 7 nitrogen and oxygen atoms in total. The molecule has 2 aromatic heterocycles. The molecule has 0 aromatic carbocycles. The summed E-state index contributed by atoms with van der Waals surface area (Å²) in [6.07, 6.45) is 6.80. The molecule has 21 heavy (non-hydrogen) atoms. The first kappa shape index (κ1) is 15.1. The summed E-state index contributed by atoms with van der Waals surface area (Å²) in [5.41, 5.74) is 0. The van der Waals surface area contributed by atoms with Gasteiger partial charge in [0.1, 0.15) is 18.9 Å². The Balaban J connectivity index is 1.66. The lowest BCUT2D eigenvalue weighted by Gasteiger charge is -2.04. The summed E-state index contributed by atoms with van der Waals surface area (Å²) >= 11 is 0. The number of nitrogens with one attached hydrogen (secondary N) is 1. The lowest BCUT2D eigenvalue weighted by molar-refractivity contribution is -0.697. The number of H-pyrrole nitrogens is 1. The van der Waals surface area contributed by atoms with Crippen LogP contribution in [0.3, 0.4) is 0 Å². The molecular weight excluding hydrogens is 270 g/mol. The van der Waals surface area contributed by atoms with Crippen LogP contribution >= 0.6 is 0 Å². The SMILES string of the molecule is CCC[n+]1ccc(OCC(=O)CCCc2nn[nH]n2)cc1. The van der Waals surface area contributed by atoms with Crippen LogP contribution in [-0.2, 0) is 17.8 Å². The first-order valence-electron chi connectivity index (χ1n) is 7.14. The highest BCUT2D eigenvalue weighted by Gasteiger charge is 2.06. The van der Waals surface area contributed by atoms with Crippen molar-refractivity contribution in [2.24, 2.45) is 0 Å². The van der Waals surface area contributed by atoms with Crippen molar-refractivity contribution < 1.29 is 14.1 Å². The smallest absolute Gasteiger partial charge is 0.174 e. The first-order chi connectivity index (χ1) is 10.3. The molecule has 0 radical (unpaired) electrons. The molecule has 7 heteroatoms. The number of rotatable bonds is 9. The van der Waals surface area contributed by atoms with E-state index in [1.165, 1.54) is 0 Å². The number of Topliss-reactive ketones (excluding diaryl/α,β-unsaturated/α-hetero) is 1. The van der Waals surface area contributed by atoms with E-state index in [0.717, 1.165) is 13.0 Å². The van der Waals surface area contributed by atoms with Gasteiger partial charge in [-0.3, -0.25) is 4.79 Å². The van der Waals surface area contributed by atoms with Crippen molar-refractivity contribution in [2.75, 3.05) is 6.61 Å². The minimum atomic E-state index is 0.0729. The number of aromatic amines is 1. The highest BCUT2D eigenvalue weighted by molar-refractivity contribution is 5.79. The summed E-state index contributed by atoms with van der Waals surface area (Å²) in [6, 6.07) is 3.75. The van der Waals surface area contributed by atoms with Gasteiger partial charge < -0.3 is 4.74 Å². The molecule has 0 spiro atoms. The molecule has 2 rings (SSSR count). The van der Waals surface area contributed by atoms with Crippen molar-refractivity contribution in [1.82, 2.24) is 20.6 Å². The third kappa shape index (κ3) is 5.29. The van der Waals surface area contributed by atoms with Crippen LogP contribution in [0.1, 0.15) is 32.0 Å². The van der Waals surface area contributed by atoms with E-state index in [1.54, 1.807) is 0 Å². The van der Waals surface area contributed by atoms with E-state index in [-0.39, 0.29) is 12.4 Å². The predicted molar refractivity (Wildman–Crippen MR) is 74.5 cm³/mol. The monoisotopic (exact) mass is 290 g/mol. The number of tetrazole rings is 1. The number of carbonyl (C=O) groups is 1. The largest absolute Gasteiger partial charge is 0.485 e. The number of aromatic nitrogens is 5. The summed E-state index contributed by atoms with van der Waals surface area (Å²) in [7, 11) is 0. The minimum absolute atomic E-state index is 0.0729. The number of aryl methyl sites for hydroxylation is 2. The molecule has 0 unspecified atom stereocenters. The van der Waals surface area contributed by atoms with Crippen LogP contribution < -0.4 is 9.30 Å². The molecule has 0 bridgehead atoms. The Hall–Kier alpha value is -2.31. The van der Waals surface area contributed by atoms with Crippen molar-refractivity contribution >= 4 is 5.78 Å². The van der Waals surface area contributed by atoms with Gasteiger partial charge in [-0.05, 0) is 6.42 Å². The van der Waals surface area contributed by atoms with Crippen molar-refractivity contribution in [3.8, 4) is 5.75 Å². The Morgan fingerprint density at radius 2 is 2.19 bits per heavy atom. The topological polar surface area (TPSA) is 84.6 Å². The number of hydrogen-bond acceptors (Lipinski definition) is 5. The van der Waals surface area contributed by atoms with Gasteiger partial charge in [0.15, 0.2) is 24.0 Å². The first-order valence-corrected chi connectivity index (χ1v) is 7.14. The van der Waals surface area contributed by atoms with Gasteiger partial charge in [-0.2, -0.15) is 5.21 Å². The van der Waals surface area contributed by atoms with Gasteiger partial charge >= 0.3 is 0 Å². The van der Waals surface area contributed by atoms with Gasteiger partial charge in [0.25, 0.3) is 0 Å². The van der Waals surface area contributed by atoms with Crippen LogP contribution in [0, 0.1) is 0 Å². The second-order valence-corrected chi connectivity index (χ2v) is 4.78. The van der Waals surface area contributed by atoms with Crippen molar-refractivity contribution in [3.05, 3.63) is 30.4 Å². The maximum atomic E-state index is 11.7. The molecule has 0 aliphatic rings. The zero-order valence-corrected chi connectivity index (χ0v) is 12.2. The molecular formula is C14H20N5O2+. The molecule has 0 saturated heterocycles. The number of ether oxygens (including phenoxy) is 1. The molecule has 0 aliphatic carbocycles. The molecule has 1 N–H and O–H groups in total. The van der Waals surface area contributed by atoms with Crippen LogP contribution in [0.4, 0.5) is 0 Å². The van der Waals surface area contributed by atoms with Crippen molar-refractivity contribution in [3.63, 3.8) is 0 Å². The summed E-state index contributed by atoms with van der Waals surface area (Å²) in [5, 5.41) is 13.5. The molecule has 0 amide bonds. The van der Waals surface area contributed by atoms with E-state index >= 15 is 0 Å². The summed E-state index contributed by atoms with van der Waals surface area (Å²) in [6.45, 7) is 3.21. The Morgan fingerprint density at radius 3 is 2.86 bits per heavy atom. The second kappa shape index (κ2) is 8.08. The number of nitrogens with zero attached hydrogens (tertiary/aromatic N) is 4. The standard InChI is InChI=1S/C14H20N5O2/c1-2-8-19-9-6-13(7-10-19)21-11-12(20)4-3-5-14-15-17-18-16-14/h6-7,9-10H,2-5,8,11H2,1H3,(H,15,16,17,18)/q+1. The molecule has 0 aliphatic heterocycles. The highest BCUT2D eigenvalue weighted by atomic mass is 16.5. The van der Waals surface area contributed by atoms with Gasteiger partial charge in [0, 0.05) is 31.4 Å². The van der Waals surface area contributed by atoms with Crippen LogP contribution in [0.5, 0.6) is 5.75 Å². The van der Waals surface area contributed by atoms with E-state index in [4.69, 9.17) is 4.74 Å².